The van der Waals surface area contributed by atoms with Crippen LogP contribution in [0.2, 0.25) is 0 Å². The van der Waals surface area contributed by atoms with Gasteiger partial charge in [-0.25, -0.2) is 4.79 Å². The van der Waals surface area contributed by atoms with Gasteiger partial charge in [0, 0.05) is 50.5 Å². The highest BCUT2D eigenvalue weighted by atomic mass is 16.6. The van der Waals surface area contributed by atoms with E-state index in [9.17, 15) is 14.9 Å². The van der Waals surface area contributed by atoms with E-state index in [0.717, 1.165) is 31.9 Å². The quantitative estimate of drug-likeness (QED) is 0.476. The molecule has 0 bridgehead atoms. The van der Waals surface area contributed by atoms with Gasteiger partial charge in [-0.1, -0.05) is 32.0 Å². The van der Waals surface area contributed by atoms with Crippen molar-refractivity contribution >= 4 is 23.2 Å². The molecule has 9 nitrogen and oxygen atoms in total. The maximum Gasteiger partial charge on any atom is 0.411 e. The number of hydrogen-bond acceptors (Lipinski definition) is 7. The van der Waals surface area contributed by atoms with Crippen LogP contribution in [-0.4, -0.2) is 61.9 Å². The molecule has 2 aromatic rings. The Morgan fingerprint density at radius 2 is 1.81 bits per heavy atom. The number of nitrogens with one attached hydrogen (secondary N) is 1. The number of nitro benzene ring substituents is 1. The Labute approximate surface area is 189 Å². The second-order valence-electron chi connectivity index (χ2n) is 6.80. The lowest BCUT2D eigenvalue weighted by atomic mass is 10.2. The second-order valence-corrected chi connectivity index (χ2v) is 6.80. The van der Waals surface area contributed by atoms with Crippen LogP contribution in [0.15, 0.2) is 48.5 Å². The summed E-state index contributed by atoms with van der Waals surface area (Å²) in [7, 11) is 0. The topological polar surface area (TPSA) is 97.2 Å². The van der Waals surface area contributed by atoms with E-state index < -0.39 is 6.09 Å². The summed E-state index contributed by atoms with van der Waals surface area (Å²) >= 11 is 0. The average molecular weight is 445 g/mol. The lowest BCUT2D eigenvalue weighted by molar-refractivity contribution is -0.384. The Morgan fingerprint density at radius 1 is 1.09 bits per heavy atom. The van der Waals surface area contributed by atoms with E-state index in [1.165, 1.54) is 6.07 Å². The van der Waals surface area contributed by atoms with Crippen LogP contribution in [0, 0.1) is 10.1 Å². The Morgan fingerprint density at radius 3 is 2.50 bits per heavy atom. The number of hydrogen-bond donors (Lipinski definition) is 1. The monoisotopic (exact) mass is 444 g/mol. The molecule has 9 heteroatoms. The second kappa shape index (κ2) is 13.2. The number of nitrogens with zero attached hydrogens (tertiary/aromatic N) is 3. The number of rotatable bonds is 8. The summed E-state index contributed by atoms with van der Waals surface area (Å²) in [6.07, 6.45) is -0.516. The molecule has 0 saturated carbocycles. The molecule has 1 N–H and O–H groups in total. The van der Waals surface area contributed by atoms with Gasteiger partial charge in [0.1, 0.15) is 12.4 Å². The average Bonchev–Trinajstić information content (AvgIpc) is 2.82. The fourth-order valence-electron chi connectivity index (χ4n) is 3.30. The van der Waals surface area contributed by atoms with E-state index in [1.54, 1.807) is 24.3 Å². The van der Waals surface area contributed by atoms with Gasteiger partial charge < -0.3 is 14.4 Å². The fourth-order valence-corrected chi connectivity index (χ4v) is 3.30. The normalized spacial score (nSPS) is 13.5. The zero-order valence-corrected chi connectivity index (χ0v) is 19.0. The van der Waals surface area contributed by atoms with Crippen molar-refractivity contribution in [2.45, 2.75) is 20.8 Å². The lowest BCUT2D eigenvalue weighted by Crippen LogP contribution is -2.47. The summed E-state index contributed by atoms with van der Waals surface area (Å²) in [4.78, 5) is 27.0. The number of nitro groups is 1. The van der Waals surface area contributed by atoms with Crippen LogP contribution in [0.4, 0.5) is 21.9 Å². The molecular weight excluding hydrogens is 412 g/mol. The molecule has 0 radical (unpaired) electrons. The van der Waals surface area contributed by atoms with Crippen LogP contribution < -0.4 is 15.0 Å². The minimum atomic E-state index is -0.516. The molecule has 1 saturated heterocycles. The molecule has 0 unspecified atom stereocenters. The molecule has 0 aromatic heterocycles. The number of carbonyl (C=O) groups is 1. The number of benzene rings is 2. The summed E-state index contributed by atoms with van der Waals surface area (Å²) in [5, 5.41) is 13.7. The van der Waals surface area contributed by atoms with Crippen molar-refractivity contribution in [3.05, 3.63) is 58.6 Å². The minimum absolute atomic E-state index is 0.0975. The van der Waals surface area contributed by atoms with Gasteiger partial charge in [0.25, 0.3) is 5.69 Å². The Balaban J connectivity index is 0.00000176. The minimum Gasteiger partial charge on any atom is -0.492 e. The first-order chi connectivity index (χ1) is 15.6. The molecule has 0 atom stereocenters. The third-order valence-corrected chi connectivity index (χ3v) is 4.84. The number of amides is 1. The predicted molar refractivity (Wildman–Crippen MR) is 126 cm³/mol. The van der Waals surface area contributed by atoms with Gasteiger partial charge in [-0.2, -0.15) is 0 Å². The van der Waals surface area contributed by atoms with E-state index in [-0.39, 0.29) is 17.2 Å². The maximum absolute atomic E-state index is 12.1. The molecule has 1 fully saturated rings. The van der Waals surface area contributed by atoms with Crippen molar-refractivity contribution in [2.24, 2.45) is 0 Å². The number of anilines is 2. The van der Waals surface area contributed by atoms with Crippen LogP contribution >= 0.6 is 0 Å². The highest BCUT2D eigenvalue weighted by molar-refractivity contribution is 5.86. The van der Waals surface area contributed by atoms with E-state index in [4.69, 9.17) is 9.47 Å². The highest BCUT2D eigenvalue weighted by Crippen LogP contribution is 2.24. The van der Waals surface area contributed by atoms with Crippen molar-refractivity contribution < 1.29 is 19.2 Å². The number of ether oxygens (including phenoxy) is 2. The fraction of sp³-hybridized carbons (Fsp3) is 0.435. The Hall–Kier alpha value is -3.33. The lowest BCUT2D eigenvalue weighted by Gasteiger charge is -2.35. The zero-order chi connectivity index (χ0) is 23.3. The van der Waals surface area contributed by atoms with Gasteiger partial charge in [0.2, 0.25) is 0 Å². The first-order valence-corrected chi connectivity index (χ1v) is 10.9. The highest BCUT2D eigenvalue weighted by Gasteiger charge is 2.19. The molecule has 3 rings (SSSR count). The van der Waals surface area contributed by atoms with Crippen LogP contribution in [-0.2, 0) is 4.74 Å². The van der Waals surface area contributed by atoms with Crippen LogP contribution in [0.3, 0.4) is 0 Å². The summed E-state index contributed by atoms with van der Waals surface area (Å²) in [6, 6.07) is 13.9. The summed E-state index contributed by atoms with van der Waals surface area (Å²) in [5.74, 6) is 0.606. The molecule has 174 valence electrons. The van der Waals surface area contributed by atoms with Gasteiger partial charge >= 0.3 is 6.09 Å². The Kier molecular flexibility index (Phi) is 10.3. The van der Waals surface area contributed by atoms with Gasteiger partial charge in [-0.05, 0) is 25.1 Å². The van der Waals surface area contributed by atoms with E-state index in [0.29, 0.717) is 24.6 Å². The van der Waals surface area contributed by atoms with Crippen LogP contribution in [0.25, 0.3) is 0 Å². The van der Waals surface area contributed by atoms with E-state index in [1.807, 2.05) is 39.0 Å². The number of non-ortho nitro benzene ring substituents is 1. The summed E-state index contributed by atoms with van der Waals surface area (Å²) in [6.45, 7) is 10.4. The summed E-state index contributed by atoms with van der Waals surface area (Å²) in [5.41, 5.74) is 1.53. The van der Waals surface area contributed by atoms with Crippen LogP contribution in [0.5, 0.6) is 5.75 Å². The maximum atomic E-state index is 12.1. The van der Waals surface area contributed by atoms with Crippen molar-refractivity contribution in [2.75, 3.05) is 56.2 Å². The van der Waals surface area contributed by atoms with Crippen molar-refractivity contribution in [3.63, 3.8) is 0 Å². The number of para-hydroxylation sites is 2. The molecule has 1 aliphatic heterocycles. The molecule has 1 aliphatic rings. The van der Waals surface area contributed by atoms with E-state index in [2.05, 4.69) is 15.1 Å². The van der Waals surface area contributed by atoms with Gasteiger partial charge in [-0.15, -0.1) is 0 Å². The zero-order valence-electron chi connectivity index (χ0n) is 19.0. The molecule has 1 heterocycles. The summed E-state index contributed by atoms with van der Waals surface area (Å²) < 4.78 is 10.8. The molecular formula is C23H32N4O5. The van der Waals surface area contributed by atoms with E-state index >= 15 is 0 Å². The molecule has 32 heavy (non-hydrogen) atoms. The molecule has 0 aliphatic carbocycles. The number of piperazine rings is 1. The van der Waals surface area contributed by atoms with Crippen molar-refractivity contribution in [3.8, 4) is 5.75 Å². The smallest absolute Gasteiger partial charge is 0.411 e. The predicted octanol–water partition coefficient (Wildman–Crippen LogP) is 4.39. The standard InChI is InChI=1S/C21H26N4O5.C2H6/c1-2-29-20-9-4-3-8-19(20)22-21(26)30-15-14-23-10-12-24(13-11-23)17-6-5-7-18(16-17)25(27)28;1-2/h3-9,16H,2,10-15H2,1H3,(H,22,26);1-2H3. The van der Waals surface area contributed by atoms with Crippen LogP contribution in [0.1, 0.15) is 20.8 Å². The molecule has 0 spiro atoms. The largest absolute Gasteiger partial charge is 0.492 e. The van der Waals surface area contributed by atoms with Gasteiger partial charge in [0.05, 0.1) is 17.2 Å². The van der Waals surface area contributed by atoms with Gasteiger partial charge in [0.15, 0.2) is 0 Å². The molecule has 1 amide bonds. The molecule has 2 aromatic carbocycles. The van der Waals surface area contributed by atoms with Crippen molar-refractivity contribution in [1.82, 2.24) is 4.90 Å². The third-order valence-electron chi connectivity index (χ3n) is 4.84. The first-order valence-electron chi connectivity index (χ1n) is 10.9. The van der Waals surface area contributed by atoms with Crippen molar-refractivity contribution in [1.29, 1.82) is 0 Å². The SMILES string of the molecule is CC.CCOc1ccccc1NC(=O)OCCN1CCN(c2cccc([N+](=O)[O-])c2)CC1. The van der Waals surface area contributed by atoms with Gasteiger partial charge in [-0.3, -0.25) is 20.3 Å². The third kappa shape index (κ3) is 7.42. The Bertz CT molecular complexity index is 869. The number of carbonyl (C=O) groups excluding carboxylic acids is 1. The first kappa shape index (κ1) is 24.9.